The molecule has 354 valence electrons. The highest BCUT2D eigenvalue weighted by Crippen LogP contribution is 2.67. The van der Waals surface area contributed by atoms with Crippen LogP contribution in [0.4, 0.5) is 0 Å². The largest absolute Gasteiger partial charge is 0.508 e. The number of hydrogen-bond donors (Lipinski definition) is 3. The smallest absolute Gasteiger partial charge is 0.335 e. The molecule has 7 atom stereocenters. The van der Waals surface area contributed by atoms with E-state index in [0.717, 1.165) is 28.4 Å². The first-order chi connectivity index (χ1) is 30.2. The molecule has 0 radical (unpaired) electrons. The second-order valence-electron chi connectivity index (χ2n) is 19.5. The molecule has 4 aliphatic rings. The van der Waals surface area contributed by atoms with Gasteiger partial charge in [-0.25, -0.2) is 4.79 Å². The molecule has 3 N–H and O–H groups in total. The van der Waals surface area contributed by atoms with Gasteiger partial charge >= 0.3 is 23.9 Å². The molecule has 3 fully saturated rings. The first-order valence-electron chi connectivity index (χ1n) is 22.2. The molecule has 0 spiro atoms. The summed E-state index contributed by atoms with van der Waals surface area (Å²) in [7, 11) is 0. The Hall–Kier alpha value is -5.33. The van der Waals surface area contributed by atoms with Gasteiger partial charge in [0.05, 0.1) is 30.1 Å². The minimum Gasteiger partial charge on any atom is -0.508 e. The molecule has 2 heterocycles. The van der Waals surface area contributed by atoms with Crippen LogP contribution < -0.4 is 0 Å². The molecular formula is C52H68O13. The number of hydrogen-bond acceptors (Lipinski definition) is 13. The standard InChI is InChI=1S/C52H68O13/c1-33(18-14-19-35(3)22-23-43-48(6,7)27-38(62-37(5)53)29-50(43,10)60)16-12-13-17-34(2)20-15-21-36(4)41(55)31-52-49(8,9)28-39(30-51(52,11)65-52)63-45(58)25-24-44(57)61-32-42(56)47-40(54)26-46(59)64-47/h12-22,26,38-39,42,47,54,56,60H,24-25,27-32H2,1-11H3/b13-12+,18-14+,20-15+,33-16+,34-17+,35-19+,36-21+/t23?,38?,39?,42?,47?,50-,51?,52?/m0/s1. The summed E-state index contributed by atoms with van der Waals surface area (Å²) >= 11 is 0. The molecule has 0 amide bonds. The van der Waals surface area contributed by atoms with Crippen LogP contribution in [0.15, 0.2) is 112 Å². The lowest BCUT2D eigenvalue weighted by molar-refractivity contribution is -0.159. The number of aliphatic hydroxyl groups excluding tert-OH is 2. The molecule has 0 aromatic heterocycles. The van der Waals surface area contributed by atoms with Crippen LogP contribution in [0.5, 0.6) is 0 Å². The van der Waals surface area contributed by atoms with Gasteiger partial charge in [0, 0.05) is 37.2 Å². The fourth-order valence-electron chi connectivity index (χ4n) is 9.29. The Morgan fingerprint density at radius 1 is 0.800 bits per heavy atom. The lowest BCUT2D eigenvalue weighted by Gasteiger charge is -2.44. The number of aliphatic hydroxyl groups is 3. The predicted molar refractivity (Wildman–Crippen MR) is 245 cm³/mol. The fourth-order valence-corrected chi connectivity index (χ4v) is 9.29. The average molecular weight is 901 g/mol. The second-order valence-corrected chi connectivity index (χ2v) is 19.5. The Morgan fingerprint density at radius 3 is 1.95 bits per heavy atom. The summed E-state index contributed by atoms with van der Waals surface area (Å²) in [6.07, 6.45) is 20.0. The van der Waals surface area contributed by atoms with Crippen LogP contribution in [0.3, 0.4) is 0 Å². The maximum absolute atomic E-state index is 13.5. The highest BCUT2D eigenvalue weighted by Gasteiger charge is 2.76. The number of ketones is 1. The van der Waals surface area contributed by atoms with Crippen molar-refractivity contribution in [3.8, 4) is 0 Å². The number of fused-ring (bicyclic) bond motifs is 1. The summed E-state index contributed by atoms with van der Waals surface area (Å²) in [6, 6.07) is 0. The van der Waals surface area contributed by atoms with E-state index in [1.165, 1.54) is 6.92 Å². The molecule has 13 nitrogen and oxygen atoms in total. The van der Waals surface area contributed by atoms with Crippen LogP contribution in [-0.4, -0.2) is 92.8 Å². The van der Waals surface area contributed by atoms with E-state index in [-0.39, 0.29) is 42.5 Å². The average Bonchev–Trinajstić information content (AvgIpc) is 3.64. The van der Waals surface area contributed by atoms with Gasteiger partial charge in [-0.1, -0.05) is 99.6 Å². The van der Waals surface area contributed by atoms with Crippen molar-refractivity contribution in [1.29, 1.82) is 0 Å². The van der Waals surface area contributed by atoms with Crippen LogP contribution >= 0.6 is 0 Å². The molecule has 0 aromatic rings. The summed E-state index contributed by atoms with van der Waals surface area (Å²) in [5.74, 6) is -3.01. The van der Waals surface area contributed by atoms with E-state index >= 15 is 0 Å². The van der Waals surface area contributed by atoms with Gasteiger partial charge in [0.25, 0.3) is 0 Å². The Bertz CT molecular complexity index is 2160. The van der Waals surface area contributed by atoms with Crippen molar-refractivity contribution in [3.63, 3.8) is 0 Å². The Labute approximate surface area is 383 Å². The number of cyclic esters (lactones) is 1. The van der Waals surface area contributed by atoms with Gasteiger partial charge in [-0.05, 0) is 77.0 Å². The van der Waals surface area contributed by atoms with Gasteiger partial charge in [-0.2, -0.15) is 0 Å². The number of Topliss-reactive ketones (excluding diaryl/α,β-unsaturated/α-hetero) is 1. The second kappa shape index (κ2) is 21.3. The molecule has 6 unspecified atom stereocenters. The molecule has 0 bridgehead atoms. The zero-order valence-corrected chi connectivity index (χ0v) is 39.8. The third-order valence-electron chi connectivity index (χ3n) is 12.5. The Morgan fingerprint density at radius 2 is 1.38 bits per heavy atom. The van der Waals surface area contributed by atoms with Gasteiger partial charge in [-0.15, -0.1) is 5.73 Å². The number of esters is 4. The topological polar surface area (TPSA) is 195 Å². The summed E-state index contributed by atoms with van der Waals surface area (Å²) in [5.41, 5.74) is 4.31. The maximum atomic E-state index is 13.5. The van der Waals surface area contributed by atoms with Crippen LogP contribution in [-0.2, 0) is 47.7 Å². The van der Waals surface area contributed by atoms with Crippen molar-refractivity contribution in [2.75, 3.05) is 6.61 Å². The van der Waals surface area contributed by atoms with E-state index in [1.807, 2.05) is 116 Å². The number of epoxide rings is 1. The molecule has 65 heavy (non-hydrogen) atoms. The van der Waals surface area contributed by atoms with Crippen molar-refractivity contribution < 1.29 is 63.0 Å². The number of carbonyl (C=O) groups is 5. The first-order valence-corrected chi connectivity index (χ1v) is 22.2. The van der Waals surface area contributed by atoms with E-state index in [2.05, 4.69) is 5.73 Å². The highest BCUT2D eigenvalue weighted by atomic mass is 16.6. The van der Waals surface area contributed by atoms with Gasteiger partial charge < -0.3 is 39.0 Å². The zero-order valence-electron chi connectivity index (χ0n) is 39.8. The molecule has 2 saturated carbocycles. The summed E-state index contributed by atoms with van der Waals surface area (Å²) < 4.78 is 27.2. The van der Waals surface area contributed by atoms with Gasteiger partial charge in [0.1, 0.15) is 36.3 Å². The maximum Gasteiger partial charge on any atom is 0.335 e. The molecule has 4 rings (SSSR count). The van der Waals surface area contributed by atoms with Crippen molar-refractivity contribution in [2.45, 2.75) is 162 Å². The van der Waals surface area contributed by atoms with Gasteiger partial charge in [-0.3, -0.25) is 19.2 Å². The number of ether oxygens (including phenoxy) is 5. The Kier molecular flexibility index (Phi) is 17.2. The van der Waals surface area contributed by atoms with Crippen molar-refractivity contribution >= 4 is 29.7 Å². The van der Waals surface area contributed by atoms with Crippen molar-refractivity contribution in [1.82, 2.24) is 0 Å². The number of rotatable bonds is 18. The minimum absolute atomic E-state index is 0.0341. The fraction of sp³-hybridized carbons (Fsp3) is 0.538. The van der Waals surface area contributed by atoms with Crippen molar-refractivity contribution in [2.24, 2.45) is 10.8 Å². The molecule has 2 aliphatic heterocycles. The van der Waals surface area contributed by atoms with E-state index in [4.69, 9.17) is 23.7 Å². The Balaban J connectivity index is 1.22. The predicted octanol–water partition coefficient (Wildman–Crippen LogP) is 8.29. The summed E-state index contributed by atoms with van der Waals surface area (Å²) in [6.45, 7) is 20.3. The summed E-state index contributed by atoms with van der Waals surface area (Å²) in [4.78, 5) is 61.1. The first kappa shape index (κ1) is 52.3. The van der Waals surface area contributed by atoms with Crippen molar-refractivity contribution in [3.05, 3.63) is 112 Å². The van der Waals surface area contributed by atoms with Gasteiger partial charge in [0.15, 0.2) is 11.9 Å². The molecule has 2 aliphatic carbocycles. The van der Waals surface area contributed by atoms with Crippen LogP contribution in [0.1, 0.15) is 121 Å². The zero-order chi connectivity index (χ0) is 48.5. The normalized spacial score (nSPS) is 29.5. The monoisotopic (exact) mass is 900 g/mol. The van der Waals surface area contributed by atoms with Crippen LogP contribution in [0.25, 0.3) is 0 Å². The highest BCUT2D eigenvalue weighted by molar-refractivity contribution is 5.96. The third-order valence-corrected chi connectivity index (χ3v) is 12.5. The third kappa shape index (κ3) is 14.1. The SMILES string of the molecule is CC(=O)OC1CC(C)(C)C(=C=C/C(C)=C/C=C/C(C)=C/C=C/C=C(C)/C=C/C=C(\C)C(=O)CC23OC2(C)CC(OC(=O)CCC(=O)OCC(O)C2OC(=O)C=C2O)CC3(C)C)[C@@](C)(O)C1. The van der Waals surface area contributed by atoms with E-state index in [9.17, 15) is 39.3 Å². The molecular weight excluding hydrogens is 833 g/mol. The van der Waals surface area contributed by atoms with E-state index in [1.54, 1.807) is 19.9 Å². The van der Waals surface area contributed by atoms with Crippen LogP contribution in [0.2, 0.25) is 0 Å². The number of allylic oxidation sites excluding steroid dienone is 14. The lowest BCUT2D eigenvalue weighted by Crippen LogP contribution is -2.49. The quantitative estimate of drug-likeness (QED) is 0.0297. The lowest BCUT2D eigenvalue weighted by atomic mass is 9.61. The van der Waals surface area contributed by atoms with E-state index < -0.39 is 70.8 Å². The van der Waals surface area contributed by atoms with Crippen LogP contribution in [0, 0.1) is 10.8 Å². The van der Waals surface area contributed by atoms with E-state index in [0.29, 0.717) is 31.3 Å². The summed E-state index contributed by atoms with van der Waals surface area (Å²) in [5, 5.41) is 30.9. The molecule has 13 heteroatoms. The minimum atomic E-state index is -1.46. The number of carbonyl (C=O) groups excluding carboxylic acids is 5. The molecule has 1 saturated heterocycles. The van der Waals surface area contributed by atoms with Gasteiger partial charge in [0.2, 0.25) is 0 Å². The molecule has 0 aromatic carbocycles.